The first-order valence-electron chi connectivity index (χ1n) is 9.15. The Morgan fingerprint density at radius 2 is 1.64 bits per heavy atom. The molecule has 0 radical (unpaired) electrons. The van der Waals surface area contributed by atoms with Crippen LogP contribution in [0, 0.1) is 0 Å². The summed E-state index contributed by atoms with van der Waals surface area (Å²) in [5, 5.41) is 5.00. The molecule has 1 atom stereocenters. The second-order valence-electron chi connectivity index (χ2n) is 6.53. The van der Waals surface area contributed by atoms with Gasteiger partial charge in [0, 0.05) is 18.4 Å². The first-order chi connectivity index (χ1) is 13.5. The molecule has 0 bridgehead atoms. The third-order valence-corrected chi connectivity index (χ3v) is 4.56. The lowest BCUT2D eigenvalue weighted by Crippen LogP contribution is -2.43. The number of fused-ring (bicyclic) bond motifs is 1. The molecule has 1 unspecified atom stereocenters. The molecule has 0 fully saturated rings. The lowest BCUT2D eigenvalue weighted by molar-refractivity contribution is -0.122. The molecule has 3 aromatic rings. The predicted octanol–water partition coefficient (Wildman–Crippen LogP) is 2.37. The van der Waals surface area contributed by atoms with Crippen molar-refractivity contribution < 1.29 is 9.59 Å². The fourth-order valence-corrected chi connectivity index (χ4v) is 3.03. The number of hydrazine groups is 1. The summed E-state index contributed by atoms with van der Waals surface area (Å²) in [5.74, 6) is -0.865. The minimum atomic E-state index is -0.570. The molecule has 7 heteroatoms. The highest BCUT2D eigenvalue weighted by Gasteiger charge is 2.17. The highest BCUT2D eigenvalue weighted by atomic mass is 16.2. The zero-order valence-electron chi connectivity index (χ0n) is 15.8. The van der Waals surface area contributed by atoms with Crippen LogP contribution < -0.4 is 16.4 Å². The Labute approximate surface area is 162 Å². The molecule has 0 spiro atoms. The van der Waals surface area contributed by atoms with Gasteiger partial charge in [-0.25, -0.2) is 4.68 Å². The van der Waals surface area contributed by atoms with Crippen molar-refractivity contribution in [2.24, 2.45) is 0 Å². The molecule has 0 saturated heterocycles. The zero-order valence-corrected chi connectivity index (χ0v) is 15.8. The molecule has 2 amide bonds. The molecular weight excluding hydrogens is 356 g/mol. The van der Waals surface area contributed by atoms with E-state index in [2.05, 4.69) is 16.0 Å². The monoisotopic (exact) mass is 378 g/mol. The number of carbonyl (C=O) groups is 2. The Bertz CT molecular complexity index is 1060. The second-order valence-corrected chi connectivity index (χ2v) is 6.53. The maximum absolute atomic E-state index is 12.6. The summed E-state index contributed by atoms with van der Waals surface area (Å²) in [6.07, 6.45) is 0.229. The van der Waals surface area contributed by atoms with E-state index in [4.69, 9.17) is 0 Å². The normalized spacial score (nSPS) is 11.8. The van der Waals surface area contributed by atoms with E-state index in [-0.39, 0.29) is 29.5 Å². The van der Waals surface area contributed by atoms with Crippen LogP contribution in [0.15, 0.2) is 59.4 Å². The first kappa shape index (κ1) is 19.3. The minimum Gasteiger partial charge on any atom is -0.273 e. The van der Waals surface area contributed by atoms with E-state index in [1.54, 1.807) is 31.2 Å². The van der Waals surface area contributed by atoms with Gasteiger partial charge in [-0.3, -0.25) is 25.2 Å². The van der Waals surface area contributed by atoms with E-state index in [1.165, 1.54) is 4.68 Å². The second kappa shape index (κ2) is 8.47. The summed E-state index contributed by atoms with van der Waals surface area (Å²) < 4.78 is 1.23. The van der Waals surface area contributed by atoms with Crippen molar-refractivity contribution in [1.82, 2.24) is 20.6 Å². The topological polar surface area (TPSA) is 93.1 Å². The lowest BCUT2D eigenvalue weighted by Gasteiger charge is -2.13. The Balaban J connectivity index is 1.72. The first-order valence-corrected chi connectivity index (χ1v) is 9.15. The van der Waals surface area contributed by atoms with Gasteiger partial charge in [0.1, 0.15) is 0 Å². The summed E-state index contributed by atoms with van der Waals surface area (Å²) in [7, 11) is 0. The van der Waals surface area contributed by atoms with E-state index in [0.29, 0.717) is 17.3 Å². The molecule has 2 N–H and O–H groups in total. The number of nitrogens with zero attached hydrogens (tertiary/aromatic N) is 2. The van der Waals surface area contributed by atoms with Crippen LogP contribution >= 0.6 is 0 Å². The van der Waals surface area contributed by atoms with E-state index < -0.39 is 5.91 Å². The molecule has 2 aromatic carbocycles. The van der Waals surface area contributed by atoms with Crippen molar-refractivity contribution in [3.63, 3.8) is 0 Å². The average Bonchev–Trinajstić information content (AvgIpc) is 2.73. The Morgan fingerprint density at radius 3 is 2.32 bits per heavy atom. The Morgan fingerprint density at radius 1 is 1.00 bits per heavy atom. The number of carbonyl (C=O) groups excluding carboxylic acids is 2. The number of amides is 2. The van der Waals surface area contributed by atoms with Crippen molar-refractivity contribution in [3.05, 3.63) is 76.2 Å². The number of aromatic nitrogens is 2. The molecule has 144 valence electrons. The quantitative estimate of drug-likeness (QED) is 0.667. The molecular formula is C21H22N4O3. The molecule has 7 nitrogen and oxygen atoms in total. The summed E-state index contributed by atoms with van der Waals surface area (Å²) >= 11 is 0. The van der Waals surface area contributed by atoms with Gasteiger partial charge in [-0.05, 0) is 24.5 Å². The molecule has 1 aromatic heterocycles. The van der Waals surface area contributed by atoms with Crippen molar-refractivity contribution in [2.75, 3.05) is 0 Å². The number of aryl methyl sites for hydroxylation is 1. The third-order valence-electron chi connectivity index (χ3n) is 4.56. The molecule has 0 aliphatic heterocycles. The van der Waals surface area contributed by atoms with Gasteiger partial charge in [0.05, 0.1) is 5.39 Å². The van der Waals surface area contributed by atoms with Crippen LogP contribution in [0.25, 0.3) is 10.8 Å². The fraction of sp³-hybridized carbons (Fsp3) is 0.238. The molecule has 0 aliphatic carbocycles. The number of benzene rings is 2. The van der Waals surface area contributed by atoms with E-state index in [0.717, 1.165) is 5.56 Å². The van der Waals surface area contributed by atoms with Gasteiger partial charge in [-0.1, -0.05) is 55.5 Å². The van der Waals surface area contributed by atoms with Gasteiger partial charge in [0.15, 0.2) is 5.69 Å². The third kappa shape index (κ3) is 4.09. The molecule has 28 heavy (non-hydrogen) atoms. The zero-order chi connectivity index (χ0) is 20.1. The highest BCUT2D eigenvalue weighted by Crippen LogP contribution is 2.18. The SMILES string of the molecule is CCn1nc(C(=O)NNC(=O)CC(C)c2ccccc2)c2ccccc2c1=O. The molecule has 0 saturated carbocycles. The standard InChI is InChI=1S/C21H22N4O3/c1-3-25-21(28)17-12-8-7-11-16(17)19(24-25)20(27)23-22-18(26)13-14(2)15-9-5-4-6-10-15/h4-12,14H,3,13H2,1-2H3,(H,22,26)(H,23,27). The number of hydrogen-bond acceptors (Lipinski definition) is 4. The van der Waals surface area contributed by atoms with Crippen molar-refractivity contribution >= 4 is 22.6 Å². The van der Waals surface area contributed by atoms with Gasteiger partial charge in [-0.15, -0.1) is 0 Å². The smallest absolute Gasteiger partial charge is 0.273 e. The van der Waals surface area contributed by atoms with E-state index >= 15 is 0 Å². The van der Waals surface area contributed by atoms with Gasteiger partial charge in [0.25, 0.3) is 11.5 Å². The van der Waals surface area contributed by atoms with Gasteiger partial charge < -0.3 is 0 Å². The van der Waals surface area contributed by atoms with Crippen molar-refractivity contribution in [1.29, 1.82) is 0 Å². The highest BCUT2D eigenvalue weighted by molar-refractivity contribution is 6.05. The van der Waals surface area contributed by atoms with Gasteiger partial charge in [-0.2, -0.15) is 5.10 Å². The molecule has 0 aliphatic rings. The van der Waals surface area contributed by atoms with Gasteiger partial charge >= 0.3 is 0 Å². The van der Waals surface area contributed by atoms with Crippen LogP contribution in [0.3, 0.4) is 0 Å². The molecule has 1 heterocycles. The Hall–Kier alpha value is -3.48. The molecule has 3 rings (SSSR count). The summed E-state index contributed by atoms with van der Waals surface area (Å²) in [5.41, 5.74) is 5.72. The maximum atomic E-state index is 12.6. The fourth-order valence-electron chi connectivity index (χ4n) is 3.03. The summed E-state index contributed by atoms with van der Waals surface area (Å²) in [4.78, 5) is 37.2. The van der Waals surface area contributed by atoms with Crippen LogP contribution in [0.2, 0.25) is 0 Å². The van der Waals surface area contributed by atoms with Gasteiger partial charge in [0.2, 0.25) is 5.91 Å². The summed E-state index contributed by atoms with van der Waals surface area (Å²) in [6.45, 7) is 4.06. The number of nitrogens with one attached hydrogen (secondary N) is 2. The van der Waals surface area contributed by atoms with Crippen LogP contribution in [-0.2, 0) is 11.3 Å². The summed E-state index contributed by atoms with van der Waals surface area (Å²) in [6, 6.07) is 16.5. The van der Waals surface area contributed by atoms with Crippen LogP contribution in [-0.4, -0.2) is 21.6 Å². The maximum Gasteiger partial charge on any atom is 0.290 e. The predicted molar refractivity (Wildman–Crippen MR) is 107 cm³/mol. The lowest BCUT2D eigenvalue weighted by atomic mass is 9.98. The van der Waals surface area contributed by atoms with E-state index in [1.807, 2.05) is 37.3 Å². The van der Waals surface area contributed by atoms with Crippen LogP contribution in [0.4, 0.5) is 0 Å². The Kier molecular flexibility index (Phi) is 5.84. The largest absolute Gasteiger partial charge is 0.290 e. The number of rotatable bonds is 5. The van der Waals surface area contributed by atoms with Crippen molar-refractivity contribution in [3.8, 4) is 0 Å². The average molecular weight is 378 g/mol. The van der Waals surface area contributed by atoms with Crippen molar-refractivity contribution in [2.45, 2.75) is 32.7 Å². The minimum absolute atomic E-state index is 0.0130. The van der Waals surface area contributed by atoms with E-state index in [9.17, 15) is 14.4 Å². The number of hydrogen-bond donors (Lipinski definition) is 2. The van der Waals surface area contributed by atoms with Crippen LogP contribution in [0.5, 0.6) is 0 Å². The van der Waals surface area contributed by atoms with Crippen LogP contribution in [0.1, 0.15) is 42.2 Å².